The van der Waals surface area contributed by atoms with Gasteiger partial charge in [0.25, 0.3) is 0 Å². The van der Waals surface area contributed by atoms with Crippen LogP contribution in [-0.2, 0) is 0 Å². The predicted octanol–water partition coefficient (Wildman–Crippen LogP) is 2.04. The third-order valence-electron chi connectivity index (χ3n) is 2.56. The van der Waals surface area contributed by atoms with E-state index in [0.717, 1.165) is 4.74 Å². The Bertz CT molecular complexity index is 179. The van der Waals surface area contributed by atoms with Crippen LogP contribution in [0.3, 0.4) is 0 Å². The van der Waals surface area contributed by atoms with Gasteiger partial charge in [0.1, 0.15) is 0 Å². The molecular weight excluding hydrogens is 204 g/mol. The lowest BCUT2D eigenvalue weighted by Gasteiger charge is -2.13. The standard InChI is InChI=1S/C8H13BrN2/c9-8-10-6-4-2-1-3-5-7(6)11-8/h6-7H,1-5H2,(H,10,11). The van der Waals surface area contributed by atoms with E-state index in [1.54, 1.807) is 0 Å². The summed E-state index contributed by atoms with van der Waals surface area (Å²) in [6.45, 7) is 0. The van der Waals surface area contributed by atoms with Crippen LogP contribution < -0.4 is 5.32 Å². The summed E-state index contributed by atoms with van der Waals surface area (Å²) in [5, 5.41) is 3.36. The minimum Gasteiger partial charge on any atom is -0.360 e. The van der Waals surface area contributed by atoms with Gasteiger partial charge in [0, 0.05) is 0 Å². The maximum absolute atomic E-state index is 4.49. The number of aliphatic imine (C=N–C) groups is 1. The fraction of sp³-hybridized carbons (Fsp3) is 0.875. The highest BCUT2D eigenvalue weighted by molar-refractivity contribution is 9.18. The number of rotatable bonds is 0. The van der Waals surface area contributed by atoms with Crippen LogP contribution in [0, 0.1) is 0 Å². The van der Waals surface area contributed by atoms with E-state index in [1.807, 2.05) is 0 Å². The average molecular weight is 217 g/mol. The summed E-state index contributed by atoms with van der Waals surface area (Å²) in [6.07, 6.45) is 6.68. The van der Waals surface area contributed by atoms with E-state index < -0.39 is 0 Å². The average Bonchev–Trinajstić information content (AvgIpc) is 2.17. The second kappa shape index (κ2) is 3.13. The van der Waals surface area contributed by atoms with Crippen molar-refractivity contribution in [2.45, 2.75) is 44.2 Å². The number of nitrogens with zero attached hydrogens (tertiary/aromatic N) is 1. The van der Waals surface area contributed by atoms with Gasteiger partial charge in [0.05, 0.1) is 12.1 Å². The molecule has 2 rings (SSSR count). The number of amidine groups is 1. The van der Waals surface area contributed by atoms with Gasteiger partial charge in [-0.2, -0.15) is 0 Å². The lowest BCUT2D eigenvalue weighted by molar-refractivity contribution is 0.499. The smallest absolute Gasteiger partial charge is 0.166 e. The molecule has 2 unspecified atom stereocenters. The van der Waals surface area contributed by atoms with Crippen molar-refractivity contribution in [3.05, 3.63) is 0 Å². The number of nitrogens with one attached hydrogen (secondary N) is 1. The molecule has 2 aliphatic rings. The predicted molar refractivity (Wildman–Crippen MR) is 50.2 cm³/mol. The van der Waals surface area contributed by atoms with E-state index in [-0.39, 0.29) is 0 Å². The summed E-state index contributed by atoms with van der Waals surface area (Å²) < 4.78 is 0.967. The molecule has 3 heteroatoms. The van der Waals surface area contributed by atoms with Crippen LogP contribution in [0.4, 0.5) is 0 Å². The summed E-state index contributed by atoms with van der Waals surface area (Å²) in [7, 11) is 0. The van der Waals surface area contributed by atoms with E-state index in [2.05, 4.69) is 26.2 Å². The van der Waals surface area contributed by atoms with Gasteiger partial charge in [-0.15, -0.1) is 0 Å². The molecular formula is C8H13BrN2. The zero-order chi connectivity index (χ0) is 7.68. The molecule has 1 aliphatic carbocycles. The molecule has 2 nitrogen and oxygen atoms in total. The molecule has 0 radical (unpaired) electrons. The van der Waals surface area contributed by atoms with Gasteiger partial charge in [-0.05, 0) is 28.8 Å². The Kier molecular flexibility index (Phi) is 2.16. The highest BCUT2D eigenvalue weighted by Gasteiger charge is 2.28. The van der Waals surface area contributed by atoms with E-state index in [0.29, 0.717) is 12.1 Å². The number of hydrogen-bond donors (Lipinski definition) is 1. The Morgan fingerprint density at radius 1 is 1.27 bits per heavy atom. The molecule has 1 heterocycles. The van der Waals surface area contributed by atoms with Gasteiger partial charge >= 0.3 is 0 Å². The molecule has 0 spiro atoms. The Morgan fingerprint density at radius 3 is 3.00 bits per heavy atom. The Balaban J connectivity index is 2.04. The second-order valence-electron chi connectivity index (χ2n) is 3.38. The molecule has 0 aromatic carbocycles. The second-order valence-corrected chi connectivity index (χ2v) is 4.13. The Hall–Kier alpha value is -0.0500. The normalized spacial score (nSPS) is 37.0. The number of fused-ring (bicyclic) bond motifs is 1. The van der Waals surface area contributed by atoms with Crippen molar-refractivity contribution in [3.63, 3.8) is 0 Å². The van der Waals surface area contributed by atoms with Gasteiger partial charge < -0.3 is 5.32 Å². The topological polar surface area (TPSA) is 24.4 Å². The van der Waals surface area contributed by atoms with E-state index in [9.17, 15) is 0 Å². The fourth-order valence-electron chi connectivity index (χ4n) is 1.95. The SMILES string of the molecule is BrC1=NC2CCCCCC2N1. The first kappa shape index (κ1) is 7.59. The molecule has 1 aliphatic heterocycles. The van der Waals surface area contributed by atoms with Gasteiger partial charge in [-0.25, -0.2) is 0 Å². The minimum atomic E-state index is 0.562. The molecule has 0 saturated heterocycles. The minimum absolute atomic E-state index is 0.562. The van der Waals surface area contributed by atoms with Gasteiger partial charge in [-0.1, -0.05) is 19.3 Å². The zero-order valence-electron chi connectivity index (χ0n) is 6.52. The van der Waals surface area contributed by atoms with Gasteiger partial charge in [0.2, 0.25) is 0 Å². The lowest BCUT2D eigenvalue weighted by atomic mass is 10.1. The number of halogens is 1. The van der Waals surface area contributed by atoms with Crippen LogP contribution in [0.15, 0.2) is 4.99 Å². The van der Waals surface area contributed by atoms with Crippen LogP contribution in [0.2, 0.25) is 0 Å². The Morgan fingerprint density at radius 2 is 2.09 bits per heavy atom. The molecule has 0 aromatic heterocycles. The highest BCUT2D eigenvalue weighted by atomic mass is 79.9. The first-order chi connectivity index (χ1) is 5.36. The maximum Gasteiger partial charge on any atom is 0.166 e. The quantitative estimate of drug-likeness (QED) is 0.617. The van der Waals surface area contributed by atoms with Crippen LogP contribution in [0.5, 0.6) is 0 Å². The van der Waals surface area contributed by atoms with Crippen molar-refractivity contribution < 1.29 is 0 Å². The molecule has 11 heavy (non-hydrogen) atoms. The van der Waals surface area contributed by atoms with E-state index in [1.165, 1.54) is 32.1 Å². The van der Waals surface area contributed by atoms with Gasteiger partial charge in [0.15, 0.2) is 4.74 Å². The van der Waals surface area contributed by atoms with E-state index in [4.69, 9.17) is 0 Å². The lowest BCUT2D eigenvalue weighted by Crippen LogP contribution is -2.32. The molecule has 1 N–H and O–H groups in total. The maximum atomic E-state index is 4.49. The van der Waals surface area contributed by atoms with Crippen molar-refractivity contribution in [2.24, 2.45) is 4.99 Å². The first-order valence-electron chi connectivity index (χ1n) is 4.36. The highest BCUT2D eigenvalue weighted by Crippen LogP contribution is 2.24. The largest absolute Gasteiger partial charge is 0.360 e. The third kappa shape index (κ3) is 1.58. The van der Waals surface area contributed by atoms with Crippen LogP contribution in [0.1, 0.15) is 32.1 Å². The summed E-state index contributed by atoms with van der Waals surface area (Å²) in [6, 6.07) is 1.19. The molecule has 0 amide bonds. The van der Waals surface area contributed by atoms with Crippen molar-refractivity contribution in [1.82, 2.24) is 5.32 Å². The molecule has 62 valence electrons. The van der Waals surface area contributed by atoms with Crippen molar-refractivity contribution in [3.8, 4) is 0 Å². The molecule has 1 saturated carbocycles. The molecule has 1 fully saturated rings. The van der Waals surface area contributed by atoms with Crippen molar-refractivity contribution in [1.29, 1.82) is 0 Å². The monoisotopic (exact) mass is 216 g/mol. The fourth-order valence-corrected chi connectivity index (χ4v) is 2.50. The third-order valence-corrected chi connectivity index (χ3v) is 3.00. The van der Waals surface area contributed by atoms with Crippen molar-refractivity contribution >= 4 is 20.7 Å². The summed E-state index contributed by atoms with van der Waals surface area (Å²) in [5.74, 6) is 0. The summed E-state index contributed by atoms with van der Waals surface area (Å²) >= 11 is 3.39. The van der Waals surface area contributed by atoms with Crippen LogP contribution in [-0.4, -0.2) is 16.8 Å². The number of hydrogen-bond acceptors (Lipinski definition) is 2. The van der Waals surface area contributed by atoms with Crippen LogP contribution in [0.25, 0.3) is 0 Å². The zero-order valence-corrected chi connectivity index (χ0v) is 8.10. The molecule has 2 atom stereocenters. The van der Waals surface area contributed by atoms with E-state index >= 15 is 0 Å². The first-order valence-corrected chi connectivity index (χ1v) is 5.15. The molecule has 0 aromatic rings. The van der Waals surface area contributed by atoms with Gasteiger partial charge in [-0.3, -0.25) is 4.99 Å². The summed E-state index contributed by atoms with van der Waals surface area (Å²) in [4.78, 5) is 4.49. The summed E-state index contributed by atoms with van der Waals surface area (Å²) in [5.41, 5.74) is 0. The molecule has 0 bridgehead atoms. The van der Waals surface area contributed by atoms with Crippen molar-refractivity contribution in [2.75, 3.05) is 0 Å². The Labute approximate surface area is 75.6 Å². The van der Waals surface area contributed by atoms with Crippen LogP contribution >= 0.6 is 15.9 Å².